The molecule has 4 aromatic rings. The maximum atomic E-state index is 15.2. The normalized spacial score (nSPS) is 11.9. The Bertz CT molecular complexity index is 1590. The highest BCUT2D eigenvalue weighted by atomic mass is 79.9. The van der Waals surface area contributed by atoms with Gasteiger partial charge in [0.05, 0.1) is 34.1 Å². The van der Waals surface area contributed by atoms with Crippen molar-refractivity contribution in [2.24, 2.45) is 0 Å². The molecule has 0 saturated carbocycles. The number of hydrogen-bond donors (Lipinski definition) is 1. The van der Waals surface area contributed by atoms with Crippen LogP contribution in [0.25, 0.3) is 15.9 Å². The zero-order valence-electron chi connectivity index (χ0n) is 18.7. The number of methoxy groups -OCH3 is 1. The topological polar surface area (TPSA) is 65.3 Å². The van der Waals surface area contributed by atoms with Gasteiger partial charge in [0.2, 0.25) is 0 Å². The number of aromatic nitrogens is 2. The number of benzene rings is 2. The minimum absolute atomic E-state index is 0.0121. The minimum Gasteiger partial charge on any atom is -0.494 e. The quantitative estimate of drug-likeness (QED) is 0.320. The van der Waals surface area contributed by atoms with Crippen molar-refractivity contribution in [2.75, 3.05) is 14.2 Å². The molecule has 2 aromatic heterocycles. The number of fused-ring (bicyclic) bond motifs is 1. The van der Waals surface area contributed by atoms with Crippen molar-refractivity contribution >= 4 is 37.5 Å². The van der Waals surface area contributed by atoms with E-state index in [-0.39, 0.29) is 22.5 Å². The molecule has 190 valence electrons. The molecule has 1 N–H and O–H groups in total. The number of nitrogens with one attached hydrogen (secondary N) is 1. The fourth-order valence-corrected chi connectivity index (χ4v) is 5.73. The summed E-state index contributed by atoms with van der Waals surface area (Å²) in [6, 6.07) is 6.27. The summed E-state index contributed by atoms with van der Waals surface area (Å²) in [6.45, 7) is -0.698. The van der Waals surface area contributed by atoms with Crippen molar-refractivity contribution in [3.8, 4) is 11.4 Å². The molecule has 13 heteroatoms. The maximum absolute atomic E-state index is 15.2. The maximum Gasteiger partial charge on any atom is 0.416 e. The minimum atomic E-state index is -4.90. The third-order valence-corrected chi connectivity index (χ3v) is 7.53. The predicted molar refractivity (Wildman–Crippen MR) is 129 cm³/mol. The largest absolute Gasteiger partial charge is 0.494 e. The number of nitrogens with zero attached hydrogens (tertiary/aromatic N) is 2. The second-order valence-electron chi connectivity index (χ2n) is 7.63. The average molecular weight is 590 g/mol. The van der Waals surface area contributed by atoms with Gasteiger partial charge in [-0.2, -0.15) is 13.2 Å². The lowest BCUT2D eigenvalue weighted by molar-refractivity contribution is -0.138. The van der Waals surface area contributed by atoms with Crippen LogP contribution in [0.5, 0.6) is 5.75 Å². The fourth-order valence-electron chi connectivity index (χ4n) is 3.90. The molecule has 2 aromatic carbocycles. The second-order valence-corrected chi connectivity index (χ2v) is 9.95. The van der Waals surface area contributed by atoms with Crippen LogP contribution >= 0.6 is 27.3 Å². The molecule has 0 amide bonds. The Kier molecular flexibility index (Phi) is 7.08. The third kappa shape index (κ3) is 4.35. The summed E-state index contributed by atoms with van der Waals surface area (Å²) in [6.07, 6.45) is -4.90. The van der Waals surface area contributed by atoms with Crippen molar-refractivity contribution < 1.29 is 26.7 Å². The van der Waals surface area contributed by atoms with Gasteiger partial charge in [0.25, 0.3) is 5.56 Å². The van der Waals surface area contributed by atoms with E-state index in [2.05, 4.69) is 21.2 Å². The highest BCUT2D eigenvalue weighted by Gasteiger charge is 2.35. The van der Waals surface area contributed by atoms with Gasteiger partial charge in [-0.05, 0) is 47.2 Å². The van der Waals surface area contributed by atoms with Crippen LogP contribution in [0.1, 0.15) is 16.7 Å². The Morgan fingerprint density at radius 3 is 2.42 bits per heavy atom. The summed E-state index contributed by atoms with van der Waals surface area (Å²) in [5.74, 6) is -2.45. The summed E-state index contributed by atoms with van der Waals surface area (Å²) in [7, 11) is 2.81. The SMILES string of the molecule is CNCc1c(Br)sc2c1c(=O)n(-c1cccc(OC)c1F)c(=O)n2Cc1c(F)cccc1C(F)(F)F. The van der Waals surface area contributed by atoms with Crippen molar-refractivity contribution in [1.82, 2.24) is 14.5 Å². The van der Waals surface area contributed by atoms with E-state index >= 15 is 4.39 Å². The molecule has 0 unspecified atom stereocenters. The van der Waals surface area contributed by atoms with Gasteiger partial charge in [-0.1, -0.05) is 12.1 Å². The van der Waals surface area contributed by atoms with E-state index in [1.54, 1.807) is 7.05 Å². The lowest BCUT2D eigenvalue weighted by atomic mass is 10.1. The van der Waals surface area contributed by atoms with Gasteiger partial charge in [0.1, 0.15) is 10.6 Å². The number of thiophene rings is 1. The molecular formula is C23H17BrF5N3O3S. The van der Waals surface area contributed by atoms with Gasteiger partial charge in [-0.25, -0.2) is 18.1 Å². The van der Waals surface area contributed by atoms with E-state index in [4.69, 9.17) is 4.74 Å². The van der Waals surface area contributed by atoms with Crippen LogP contribution in [0, 0.1) is 11.6 Å². The molecule has 0 spiro atoms. The Morgan fingerprint density at radius 1 is 1.08 bits per heavy atom. The summed E-state index contributed by atoms with van der Waals surface area (Å²) in [4.78, 5) is 27.2. The summed E-state index contributed by atoms with van der Waals surface area (Å²) in [5, 5.41) is 2.86. The van der Waals surface area contributed by atoms with Gasteiger partial charge >= 0.3 is 11.9 Å². The lowest BCUT2D eigenvalue weighted by Crippen LogP contribution is -2.40. The van der Waals surface area contributed by atoms with E-state index in [0.717, 1.165) is 28.0 Å². The molecule has 0 bridgehead atoms. The van der Waals surface area contributed by atoms with Gasteiger partial charge < -0.3 is 10.1 Å². The molecule has 0 saturated heterocycles. The number of rotatable bonds is 6. The Morgan fingerprint density at radius 2 is 1.78 bits per heavy atom. The van der Waals surface area contributed by atoms with Gasteiger partial charge in [0.15, 0.2) is 11.6 Å². The molecule has 0 aliphatic rings. The van der Waals surface area contributed by atoms with E-state index in [1.807, 2.05) is 0 Å². The zero-order valence-corrected chi connectivity index (χ0v) is 21.1. The standard InChI is InChI=1S/C23H17BrF5N3O3S/c1-30-9-11-17-20(33)32(15-7-4-8-16(35-2)18(15)26)22(34)31(21(17)36-19(11)24)10-12-13(23(27,28)29)5-3-6-14(12)25/h3-8,30H,9-10H2,1-2H3. The molecule has 4 rings (SSSR count). The number of hydrogen-bond acceptors (Lipinski definition) is 5. The molecule has 0 aliphatic heterocycles. The first-order chi connectivity index (χ1) is 17.0. The van der Waals surface area contributed by atoms with E-state index < -0.39 is 52.4 Å². The van der Waals surface area contributed by atoms with Gasteiger partial charge in [-0.3, -0.25) is 9.36 Å². The molecule has 36 heavy (non-hydrogen) atoms. The Hall–Kier alpha value is -3.03. The van der Waals surface area contributed by atoms with Crippen molar-refractivity contribution in [2.45, 2.75) is 19.3 Å². The molecule has 0 atom stereocenters. The first-order valence-electron chi connectivity index (χ1n) is 10.3. The second kappa shape index (κ2) is 9.79. The highest BCUT2D eigenvalue weighted by Crippen LogP contribution is 2.36. The third-order valence-electron chi connectivity index (χ3n) is 5.52. The summed E-state index contributed by atoms with van der Waals surface area (Å²) >= 11 is 4.27. The number of halogens is 6. The zero-order chi connectivity index (χ0) is 26.4. The van der Waals surface area contributed by atoms with E-state index in [9.17, 15) is 27.2 Å². The molecule has 6 nitrogen and oxygen atoms in total. The van der Waals surface area contributed by atoms with Crippen LogP contribution in [0.4, 0.5) is 22.0 Å². The number of alkyl halides is 3. The first kappa shape index (κ1) is 26.0. The van der Waals surface area contributed by atoms with Crippen LogP contribution in [-0.4, -0.2) is 23.3 Å². The van der Waals surface area contributed by atoms with Crippen molar-refractivity contribution in [1.29, 1.82) is 0 Å². The van der Waals surface area contributed by atoms with Crippen LogP contribution < -0.4 is 21.3 Å². The Labute approximate surface area is 212 Å². The van der Waals surface area contributed by atoms with Crippen LogP contribution in [-0.2, 0) is 19.3 Å². The molecular weight excluding hydrogens is 573 g/mol. The molecule has 0 aliphatic carbocycles. The summed E-state index contributed by atoms with van der Waals surface area (Å²) in [5.41, 5.74) is -4.11. The average Bonchev–Trinajstić information content (AvgIpc) is 3.14. The monoisotopic (exact) mass is 589 g/mol. The predicted octanol–water partition coefficient (Wildman–Crippen LogP) is 5.05. The van der Waals surface area contributed by atoms with Crippen LogP contribution in [0.15, 0.2) is 49.8 Å². The van der Waals surface area contributed by atoms with Gasteiger partial charge in [0, 0.05) is 17.7 Å². The fraction of sp³-hybridized carbons (Fsp3) is 0.217. The Balaban J connectivity index is 2.13. The van der Waals surface area contributed by atoms with Crippen molar-refractivity contribution in [3.63, 3.8) is 0 Å². The van der Waals surface area contributed by atoms with Gasteiger partial charge in [-0.15, -0.1) is 11.3 Å². The van der Waals surface area contributed by atoms with Crippen molar-refractivity contribution in [3.05, 3.63) is 89.3 Å². The van der Waals surface area contributed by atoms with Crippen LogP contribution in [0.3, 0.4) is 0 Å². The lowest BCUT2D eigenvalue weighted by Gasteiger charge is -2.17. The molecule has 0 fully saturated rings. The number of ether oxygens (including phenoxy) is 1. The molecule has 2 heterocycles. The molecule has 0 radical (unpaired) electrons. The summed E-state index contributed by atoms with van der Waals surface area (Å²) < 4.78 is 77.6. The van der Waals surface area contributed by atoms with E-state index in [1.165, 1.54) is 25.3 Å². The first-order valence-corrected chi connectivity index (χ1v) is 11.9. The highest BCUT2D eigenvalue weighted by molar-refractivity contribution is 9.11. The van der Waals surface area contributed by atoms with Crippen LogP contribution in [0.2, 0.25) is 0 Å². The smallest absolute Gasteiger partial charge is 0.416 e. The van der Waals surface area contributed by atoms with E-state index in [0.29, 0.717) is 20.0 Å².